The number of amides is 4. The van der Waals surface area contributed by atoms with Gasteiger partial charge in [0.1, 0.15) is 35.4 Å². The van der Waals surface area contributed by atoms with Gasteiger partial charge in [-0.3, -0.25) is 24.0 Å². The summed E-state index contributed by atoms with van der Waals surface area (Å²) < 4.78 is 62.1. The fourth-order valence-corrected chi connectivity index (χ4v) is 9.01. The van der Waals surface area contributed by atoms with E-state index in [1.54, 1.807) is 32.0 Å². The second kappa shape index (κ2) is 14.0. The summed E-state index contributed by atoms with van der Waals surface area (Å²) in [5.74, 6) is -3.37. The van der Waals surface area contributed by atoms with Crippen LogP contribution in [0.15, 0.2) is 48.6 Å². The summed E-state index contributed by atoms with van der Waals surface area (Å²) in [6.45, 7) is 3.30. The number of ether oxygens (including phenoxy) is 1. The van der Waals surface area contributed by atoms with Gasteiger partial charge in [-0.25, -0.2) is 22.0 Å². The number of fused-ring (bicyclic) bond motifs is 3. The normalized spacial score (nSPS) is 28.7. The Morgan fingerprint density at radius 1 is 1.06 bits per heavy atom. The summed E-state index contributed by atoms with van der Waals surface area (Å²) in [5.41, 5.74) is 0.545. The predicted octanol–water partition coefficient (Wildman–Crippen LogP) is 4.57. The van der Waals surface area contributed by atoms with Crippen LogP contribution in [0.1, 0.15) is 81.4 Å². The maximum atomic E-state index is 14.5. The minimum absolute atomic E-state index is 0.00760. The van der Waals surface area contributed by atoms with Crippen LogP contribution in [0.4, 0.5) is 19.3 Å². The van der Waals surface area contributed by atoms with E-state index in [0.717, 1.165) is 12.8 Å². The molecule has 284 valence electrons. The van der Waals surface area contributed by atoms with Gasteiger partial charge in [0.15, 0.2) is 0 Å². The van der Waals surface area contributed by atoms with Crippen molar-refractivity contribution in [2.45, 2.75) is 113 Å². The molecule has 0 aromatic heterocycles. The molecule has 1 saturated heterocycles. The maximum absolute atomic E-state index is 14.5. The van der Waals surface area contributed by atoms with E-state index < -0.39 is 79.9 Å². The van der Waals surface area contributed by atoms with Crippen molar-refractivity contribution in [3.05, 3.63) is 76.9 Å². The van der Waals surface area contributed by atoms with Gasteiger partial charge < -0.3 is 20.3 Å². The molecule has 3 heterocycles. The molecule has 3 fully saturated rings. The van der Waals surface area contributed by atoms with Gasteiger partial charge in [-0.2, -0.15) is 0 Å². The molecule has 0 unspecified atom stereocenters. The highest BCUT2D eigenvalue weighted by molar-refractivity contribution is 7.91. The highest BCUT2D eigenvalue weighted by Gasteiger charge is 2.63. The lowest BCUT2D eigenvalue weighted by atomic mass is 10.0. The zero-order valence-electron chi connectivity index (χ0n) is 29.8. The summed E-state index contributed by atoms with van der Waals surface area (Å²) >= 11 is 0. The number of allylic oxidation sites excluding steroid dienone is 1. The second-order valence-electron chi connectivity index (χ2n) is 15.4. The van der Waals surface area contributed by atoms with Crippen molar-refractivity contribution in [2.24, 2.45) is 5.92 Å². The van der Waals surface area contributed by atoms with E-state index in [0.29, 0.717) is 54.5 Å². The average molecular weight is 754 g/mol. The lowest BCUT2D eigenvalue weighted by molar-refractivity contribution is -0.140. The molecular weight excluding hydrogens is 709 g/mol. The Morgan fingerprint density at radius 3 is 2.58 bits per heavy atom. The third-order valence-electron chi connectivity index (χ3n) is 11.3. The van der Waals surface area contributed by atoms with E-state index in [9.17, 15) is 36.4 Å². The predicted molar refractivity (Wildman–Crippen MR) is 190 cm³/mol. The molecule has 2 aliphatic carbocycles. The summed E-state index contributed by atoms with van der Waals surface area (Å²) in [4.78, 5) is 58.6. The van der Waals surface area contributed by atoms with Crippen LogP contribution in [-0.2, 0) is 42.2 Å². The first kappa shape index (κ1) is 36.8. The highest BCUT2D eigenvalue weighted by Crippen LogP contribution is 2.47. The Bertz CT molecular complexity index is 1950. The molecule has 2 aromatic rings. The number of rotatable bonds is 6. The molecule has 0 radical (unpaired) electrons. The van der Waals surface area contributed by atoms with E-state index in [1.807, 2.05) is 12.2 Å². The average Bonchev–Trinajstić information content (AvgIpc) is 3.88. The zero-order chi connectivity index (χ0) is 37.7. The van der Waals surface area contributed by atoms with Gasteiger partial charge in [-0.1, -0.05) is 37.1 Å². The number of aryl methyl sites for hydroxylation is 1. The van der Waals surface area contributed by atoms with Gasteiger partial charge in [-0.15, -0.1) is 0 Å². The molecular formula is C38H45F2N5O7S. The quantitative estimate of drug-likeness (QED) is 0.363. The molecule has 5 atom stereocenters. The maximum Gasteiger partial charge on any atom is 0.410 e. The van der Waals surface area contributed by atoms with Crippen molar-refractivity contribution in [3.63, 3.8) is 0 Å². The van der Waals surface area contributed by atoms with Gasteiger partial charge in [0, 0.05) is 30.1 Å². The highest BCUT2D eigenvalue weighted by atomic mass is 32.2. The lowest BCUT2D eigenvalue weighted by Gasteiger charge is -2.30. The van der Waals surface area contributed by atoms with Crippen LogP contribution in [0.3, 0.4) is 0 Å². The molecule has 12 nitrogen and oxygen atoms in total. The van der Waals surface area contributed by atoms with Crippen molar-refractivity contribution in [1.82, 2.24) is 19.8 Å². The SMILES string of the molecule is Cc1cc(F)cc(N[C@H]2CCCCC/C=C\[C@@H]3C[C@@]3(C(=O)NS(=O)(=O)C3(C)CC3)NC(=O)[C@@H]3C[C@@H](OC(=O)N4Cc5cccc(F)c5C4)CN3C2=O)c1. The summed E-state index contributed by atoms with van der Waals surface area (Å²) in [6.07, 6.45) is 6.27. The van der Waals surface area contributed by atoms with Crippen LogP contribution < -0.4 is 15.4 Å². The van der Waals surface area contributed by atoms with Crippen molar-refractivity contribution in [3.8, 4) is 0 Å². The van der Waals surface area contributed by atoms with E-state index in [1.165, 1.54) is 28.0 Å². The first-order valence-corrected chi connectivity index (χ1v) is 19.8. The van der Waals surface area contributed by atoms with Gasteiger partial charge >= 0.3 is 6.09 Å². The Hall–Kier alpha value is -4.53. The summed E-state index contributed by atoms with van der Waals surface area (Å²) in [6, 6.07) is 6.95. The largest absolute Gasteiger partial charge is 0.444 e. The first-order valence-electron chi connectivity index (χ1n) is 18.3. The minimum atomic E-state index is -4.01. The van der Waals surface area contributed by atoms with Gasteiger partial charge in [0.05, 0.1) is 17.8 Å². The lowest BCUT2D eigenvalue weighted by Crippen LogP contribution is -2.58. The number of benzene rings is 2. The standard InChI is InChI=1S/C38H45F2N5O7S/c1-23-15-26(39)17-27(16-23)41-31-12-7-5-3-4-6-10-25-19-38(25,35(48)43-53(50,51)37(2)13-14-37)42-33(46)32-18-28(21-45(32)34(31)47)52-36(49)44-20-24-9-8-11-30(40)29(24)22-44/h6,8-11,15-17,25,28,31-32,41H,3-5,7,12-14,18-22H2,1-2H3,(H,42,46)(H,43,48)/b10-6-/t25-,28-,31+,32+,38-/m1/s1. The molecule has 3 aliphatic heterocycles. The number of carbonyl (C=O) groups excluding carboxylic acids is 4. The molecule has 7 rings (SSSR count). The van der Waals surface area contributed by atoms with Crippen molar-refractivity contribution >= 4 is 39.5 Å². The van der Waals surface area contributed by atoms with Crippen molar-refractivity contribution in [1.29, 1.82) is 0 Å². The van der Waals surface area contributed by atoms with Gasteiger partial charge in [0.25, 0.3) is 5.91 Å². The number of carbonyl (C=O) groups is 4. The molecule has 2 aromatic carbocycles. The van der Waals surface area contributed by atoms with Crippen LogP contribution >= 0.6 is 0 Å². The second-order valence-corrected chi connectivity index (χ2v) is 17.6. The molecule has 4 amide bonds. The smallest absolute Gasteiger partial charge is 0.410 e. The fourth-order valence-electron chi connectivity index (χ4n) is 7.69. The third kappa shape index (κ3) is 7.49. The van der Waals surface area contributed by atoms with Crippen LogP contribution in [-0.4, -0.2) is 77.1 Å². The van der Waals surface area contributed by atoms with Crippen LogP contribution in [0.25, 0.3) is 0 Å². The minimum Gasteiger partial charge on any atom is -0.444 e. The number of nitrogens with one attached hydrogen (secondary N) is 3. The Morgan fingerprint density at radius 2 is 1.85 bits per heavy atom. The Balaban J connectivity index is 1.16. The molecule has 0 spiro atoms. The van der Waals surface area contributed by atoms with Crippen molar-refractivity contribution < 1.29 is 41.1 Å². The molecule has 2 saturated carbocycles. The van der Waals surface area contributed by atoms with Crippen LogP contribution in [0.2, 0.25) is 0 Å². The Labute approximate surface area is 307 Å². The molecule has 3 N–H and O–H groups in total. The number of hydrogen-bond donors (Lipinski definition) is 3. The fraction of sp³-hybridized carbons (Fsp3) is 0.526. The number of anilines is 1. The number of hydrogen-bond acceptors (Lipinski definition) is 8. The number of nitrogens with zero attached hydrogens (tertiary/aromatic N) is 2. The third-order valence-corrected chi connectivity index (χ3v) is 13.5. The molecule has 53 heavy (non-hydrogen) atoms. The van der Waals surface area contributed by atoms with Crippen LogP contribution in [0.5, 0.6) is 0 Å². The van der Waals surface area contributed by atoms with E-state index in [-0.39, 0.29) is 32.5 Å². The summed E-state index contributed by atoms with van der Waals surface area (Å²) in [7, 11) is -4.01. The first-order chi connectivity index (χ1) is 25.2. The van der Waals surface area contributed by atoms with E-state index in [2.05, 4.69) is 15.4 Å². The zero-order valence-corrected chi connectivity index (χ0v) is 30.6. The number of halogens is 2. The molecule has 15 heteroatoms. The van der Waals surface area contributed by atoms with Gasteiger partial charge in [-0.05, 0) is 87.8 Å². The van der Waals surface area contributed by atoms with E-state index >= 15 is 0 Å². The number of sulfonamides is 1. The van der Waals surface area contributed by atoms with Crippen LogP contribution in [0, 0.1) is 24.5 Å². The summed E-state index contributed by atoms with van der Waals surface area (Å²) in [5, 5.41) is 6.00. The monoisotopic (exact) mass is 753 g/mol. The van der Waals surface area contributed by atoms with E-state index in [4.69, 9.17) is 4.74 Å². The topological polar surface area (TPSA) is 154 Å². The molecule has 5 aliphatic rings. The van der Waals surface area contributed by atoms with Crippen molar-refractivity contribution in [2.75, 3.05) is 11.9 Å². The molecule has 0 bridgehead atoms. The Kier molecular flexibility index (Phi) is 9.75. The van der Waals surface area contributed by atoms with Gasteiger partial charge in [0.2, 0.25) is 21.8 Å².